The van der Waals surface area contributed by atoms with Gasteiger partial charge in [-0.2, -0.15) is 0 Å². The number of nitrogens with two attached hydrogens (primary N) is 1. The van der Waals surface area contributed by atoms with Gasteiger partial charge in [-0.1, -0.05) is 18.2 Å². The van der Waals surface area contributed by atoms with E-state index in [0.29, 0.717) is 17.7 Å². The van der Waals surface area contributed by atoms with E-state index in [-0.39, 0.29) is 5.78 Å². The number of hydrogen-bond donors (Lipinski definition) is 1. The summed E-state index contributed by atoms with van der Waals surface area (Å²) >= 11 is 0. The lowest BCUT2D eigenvalue weighted by Gasteiger charge is -2.04. The Morgan fingerprint density at radius 2 is 1.81 bits per heavy atom. The molecule has 0 radical (unpaired) electrons. The summed E-state index contributed by atoms with van der Waals surface area (Å²) in [5, 5.41) is 0.990. The molecular formula is C18H16N2O. The SMILES string of the molecule is Cc1ccc2cc(C(=O)Cc3ccc(N)cc3)ccc2n1. The molecule has 1 heterocycles. The third-order valence-electron chi connectivity index (χ3n) is 3.49. The van der Waals surface area contributed by atoms with Gasteiger partial charge in [0, 0.05) is 28.8 Å². The molecule has 3 nitrogen and oxygen atoms in total. The highest BCUT2D eigenvalue weighted by Gasteiger charge is 2.08. The number of aryl methyl sites for hydroxylation is 1. The van der Waals surface area contributed by atoms with Crippen LogP contribution in [0.3, 0.4) is 0 Å². The number of aromatic nitrogens is 1. The standard InChI is InChI=1S/C18H16N2O/c1-12-2-5-14-11-15(6-9-17(14)20-12)18(21)10-13-3-7-16(19)8-4-13/h2-9,11H,10,19H2,1H3. The van der Waals surface area contributed by atoms with E-state index in [0.717, 1.165) is 22.2 Å². The van der Waals surface area contributed by atoms with Gasteiger partial charge >= 0.3 is 0 Å². The van der Waals surface area contributed by atoms with Gasteiger partial charge in [0.1, 0.15) is 0 Å². The van der Waals surface area contributed by atoms with Crippen LogP contribution in [0.15, 0.2) is 54.6 Å². The molecule has 0 atom stereocenters. The molecule has 0 unspecified atom stereocenters. The van der Waals surface area contributed by atoms with Crippen molar-refractivity contribution in [3.8, 4) is 0 Å². The minimum Gasteiger partial charge on any atom is -0.399 e. The first-order valence-corrected chi connectivity index (χ1v) is 6.87. The number of Topliss-reactive ketones (excluding diaryl/α,β-unsaturated/α-hetero) is 1. The highest BCUT2D eigenvalue weighted by atomic mass is 16.1. The van der Waals surface area contributed by atoms with Crippen molar-refractivity contribution in [1.29, 1.82) is 0 Å². The molecule has 0 aliphatic heterocycles. The Bertz CT molecular complexity index is 807. The maximum Gasteiger partial charge on any atom is 0.167 e. The average molecular weight is 276 g/mol. The average Bonchev–Trinajstić information content (AvgIpc) is 2.49. The van der Waals surface area contributed by atoms with Gasteiger partial charge in [0.05, 0.1) is 5.52 Å². The van der Waals surface area contributed by atoms with E-state index < -0.39 is 0 Å². The number of hydrogen-bond acceptors (Lipinski definition) is 3. The van der Waals surface area contributed by atoms with Crippen LogP contribution in [0.25, 0.3) is 10.9 Å². The molecule has 0 bridgehead atoms. The zero-order valence-electron chi connectivity index (χ0n) is 11.8. The first-order chi connectivity index (χ1) is 10.1. The zero-order chi connectivity index (χ0) is 14.8. The van der Waals surface area contributed by atoms with Gasteiger partial charge in [-0.15, -0.1) is 0 Å². The first-order valence-electron chi connectivity index (χ1n) is 6.87. The Hall–Kier alpha value is -2.68. The minimum atomic E-state index is 0.0993. The second-order valence-corrected chi connectivity index (χ2v) is 5.20. The van der Waals surface area contributed by atoms with E-state index in [1.54, 1.807) is 0 Å². The van der Waals surface area contributed by atoms with Crippen molar-refractivity contribution in [3.05, 3.63) is 71.4 Å². The molecule has 0 saturated heterocycles. The number of carbonyl (C=O) groups excluding carboxylic acids is 1. The summed E-state index contributed by atoms with van der Waals surface area (Å²) in [7, 11) is 0. The number of anilines is 1. The Morgan fingerprint density at radius 1 is 1.05 bits per heavy atom. The van der Waals surface area contributed by atoms with Crippen molar-refractivity contribution < 1.29 is 4.79 Å². The van der Waals surface area contributed by atoms with Gasteiger partial charge in [-0.25, -0.2) is 0 Å². The van der Waals surface area contributed by atoms with E-state index in [1.165, 1.54) is 0 Å². The fourth-order valence-electron chi connectivity index (χ4n) is 2.32. The van der Waals surface area contributed by atoms with Crippen molar-refractivity contribution >= 4 is 22.4 Å². The number of fused-ring (bicyclic) bond motifs is 1. The molecule has 21 heavy (non-hydrogen) atoms. The summed E-state index contributed by atoms with van der Waals surface area (Å²) in [6, 6.07) is 17.0. The maximum atomic E-state index is 12.4. The third kappa shape index (κ3) is 2.92. The van der Waals surface area contributed by atoms with Crippen LogP contribution in [0.1, 0.15) is 21.6 Å². The number of benzene rings is 2. The monoisotopic (exact) mass is 276 g/mol. The van der Waals surface area contributed by atoms with E-state index in [1.807, 2.05) is 61.5 Å². The number of rotatable bonds is 3. The first kappa shape index (κ1) is 13.3. The molecule has 3 heteroatoms. The normalized spacial score (nSPS) is 10.7. The zero-order valence-corrected chi connectivity index (χ0v) is 11.8. The topological polar surface area (TPSA) is 56.0 Å². The summed E-state index contributed by atoms with van der Waals surface area (Å²) in [6.45, 7) is 1.96. The lowest BCUT2D eigenvalue weighted by Crippen LogP contribution is -2.03. The van der Waals surface area contributed by atoms with Gasteiger partial charge in [0.15, 0.2) is 5.78 Å². The van der Waals surface area contributed by atoms with Crippen molar-refractivity contribution in [2.45, 2.75) is 13.3 Å². The highest BCUT2D eigenvalue weighted by molar-refractivity contribution is 6.00. The molecule has 3 rings (SSSR count). The van der Waals surface area contributed by atoms with Gasteiger partial charge < -0.3 is 5.73 Å². The molecule has 3 aromatic rings. The third-order valence-corrected chi connectivity index (χ3v) is 3.49. The maximum absolute atomic E-state index is 12.4. The predicted octanol–water partition coefficient (Wildman–Crippen LogP) is 3.55. The summed E-state index contributed by atoms with van der Waals surface area (Å²) in [4.78, 5) is 16.8. The lowest BCUT2D eigenvalue weighted by atomic mass is 10.0. The van der Waals surface area contributed by atoms with Crippen molar-refractivity contribution in [3.63, 3.8) is 0 Å². The van der Waals surface area contributed by atoms with Crippen LogP contribution in [0.4, 0.5) is 5.69 Å². The molecule has 2 N–H and O–H groups in total. The van der Waals surface area contributed by atoms with E-state index >= 15 is 0 Å². The molecule has 0 fully saturated rings. The van der Waals surface area contributed by atoms with Gasteiger partial charge in [-0.3, -0.25) is 9.78 Å². The van der Waals surface area contributed by atoms with Crippen LogP contribution in [0, 0.1) is 6.92 Å². The molecule has 0 saturated carbocycles. The number of pyridine rings is 1. The number of ketones is 1. The van der Waals surface area contributed by atoms with Crippen LogP contribution in [0.5, 0.6) is 0 Å². The summed E-state index contributed by atoms with van der Waals surface area (Å²) in [6.07, 6.45) is 0.380. The largest absolute Gasteiger partial charge is 0.399 e. The molecule has 2 aromatic carbocycles. The summed E-state index contributed by atoms with van der Waals surface area (Å²) < 4.78 is 0. The molecule has 0 spiro atoms. The Morgan fingerprint density at radius 3 is 2.57 bits per heavy atom. The van der Waals surface area contributed by atoms with Gasteiger partial charge in [0.25, 0.3) is 0 Å². The molecule has 0 aliphatic rings. The Kier molecular flexibility index (Phi) is 3.40. The second-order valence-electron chi connectivity index (χ2n) is 5.20. The number of nitrogen functional groups attached to an aromatic ring is 1. The van der Waals surface area contributed by atoms with Gasteiger partial charge in [-0.05, 0) is 48.9 Å². The number of carbonyl (C=O) groups is 1. The molecule has 1 aromatic heterocycles. The molecular weight excluding hydrogens is 260 g/mol. The molecule has 0 aliphatic carbocycles. The van der Waals surface area contributed by atoms with Crippen LogP contribution in [-0.2, 0) is 6.42 Å². The van der Waals surface area contributed by atoms with Crippen LogP contribution < -0.4 is 5.73 Å². The fourth-order valence-corrected chi connectivity index (χ4v) is 2.32. The Labute approximate surface area is 123 Å². The van der Waals surface area contributed by atoms with Crippen LogP contribution in [0.2, 0.25) is 0 Å². The van der Waals surface area contributed by atoms with E-state index in [2.05, 4.69) is 4.98 Å². The lowest BCUT2D eigenvalue weighted by molar-refractivity contribution is 0.0993. The van der Waals surface area contributed by atoms with Gasteiger partial charge in [0.2, 0.25) is 0 Å². The Balaban J connectivity index is 1.87. The van der Waals surface area contributed by atoms with Crippen LogP contribution in [-0.4, -0.2) is 10.8 Å². The van der Waals surface area contributed by atoms with E-state index in [4.69, 9.17) is 5.73 Å². The van der Waals surface area contributed by atoms with Crippen molar-refractivity contribution in [1.82, 2.24) is 4.98 Å². The predicted molar refractivity (Wildman–Crippen MR) is 85.4 cm³/mol. The fraction of sp³-hybridized carbons (Fsp3) is 0.111. The van der Waals surface area contributed by atoms with Crippen LogP contribution >= 0.6 is 0 Å². The molecule has 0 amide bonds. The van der Waals surface area contributed by atoms with E-state index in [9.17, 15) is 4.79 Å². The summed E-state index contributed by atoms with van der Waals surface area (Å²) in [5.74, 6) is 0.0993. The molecule has 104 valence electrons. The smallest absolute Gasteiger partial charge is 0.167 e. The quantitative estimate of drug-likeness (QED) is 0.588. The second kappa shape index (κ2) is 5.37. The minimum absolute atomic E-state index is 0.0993. The van der Waals surface area contributed by atoms with Crippen molar-refractivity contribution in [2.24, 2.45) is 0 Å². The summed E-state index contributed by atoms with van der Waals surface area (Å²) in [5.41, 5.74) is 9.93. The number of nitrogens with zero attached hydrogens (tertiary/aromatic N) is 1. The van der Waals surface area contributed by atoms with Crippen molar-refractivity contribution in [2.75, 3.05) is 5.73 Å². The highest BCUT2D eigenvalue weighted by Crippen LogP contribution is 2.17.